The molecule has 0 atom stereocenters. The van der Waals surface area contributed by atoms with E-state index in [1.165, 1.54) is 0 Å². The van der Waals surface area contributed by atoms with Crippen molar-refractivity contribution < 1.29 is 4.79 Å². The van der Waals surface area contributed by atoms with Crippen molar-refractivity contribution in [1.82, 2.24) is 4.90 Å². The maximum absolute atomic E-state index is 12.4. The van der Waals surface area contributed by atoms with Gasteiger partial charge in [0, 0.05) is 26.3 Å². The zero-order chi connectivity index (χ0) is 14.0. The Morgan fingerprint density at radius 3 is 2.68 bits per heavy atom. The Hall–Kier alpha value is -0.650. The van der Waals surface area contributed by atoms with E-state index in [0.29, 0.717) is 12.1 Å². The standard InChI is InChI=1S/C14H13Br2NOS/c1-9-3-4-13(16)12(5-9)14(18)17(2)7-11-6-10(15)8-19-11/h3-6,8H,7H2,1-2H3. The first-order chi connectivity index (χ1) is 8.97. The summed E-state index contributed by atoms with van der Waals surface area (Å²) in [5.74, 6) is 0.0279. The molecule has 5 heteroatoms. The molecular formula is C14H13Br2NOS. The molecular weight excluding hydrogens is 390 g/mol. The molecule has 1 amide bonds. The smallest absolute Gasteiger partial charge is 0.255 e. The Kier molecular flexibility index (Phi) is 4.81. The highest BCUT2D eigenvalue weighted by Gasteiger charge is 2.15. The number of carbonyl (C=O) groups excluding carboxylic acids is 1. The number of amides is 1. The van der Waals surface area contributed by atoms with Gasteiger partial charge >= 0.3 is 0 Å². The van der Waals surface area contributed by atoms with Crippen LogP contribution in [0.4, 0.5) is 0 Å². The van der Waals surface area contributed by atoms with Gasteiger partial charge in [-0.25, -0.2) is 0 Å². The lowest BCUT2D eigenvalue weighted by Gasteiger charge is -2.17. The lowest BCUT2D eigenvalue weighted by atomic mass is 10.1. The zero-order valence-electron chi connectivity index (χ0n) is 10.6. The second kappa shape index (κ2) is 6.20. The number of carbonyl (C=O) groups is 1. The molecule has 0 saturated heterocycles. The number of nitrogens with zero attached hydrogens (tertiary/aromatic N) is 1. The Bertz CT molecular complexity index is 609. The van der Waals surface area contributed by atoms with E-state index in [1.807, 2.05) is 43.6 Å². The van der Waals surface area contributed by atoms with Crippen molar-refractivity contribution in [2.45, 2.75) is 13.5 Å². The van der Waals surface area contributed by atoms with E-state index < -0.39 is 0 Å². The van der Waals surface area contributed by atoms with Crippen LogP contribution < -0.4 is 0 Å². The average molecular weight is 403 g/mol. The fraction of sp³-hybridized carbons (Fsp3) is 0.214. The minimum absolute atomic E-state index is 0.0279. The van der Waals surface area contributed by atoms with Crippen molar-refractivity contribution in [2.75, 3.05) is 7.05 Å². The van der Waals surface area contributed by atoms with E-state index in [0.717, 1.165) is 19.4 Å². The molecule has 0 unspecified atom stereocenters. The zero-order valence-corrected chi connectivity index (χ0v) is 14.6. The number of thiophene rings is 1. The topological polar surface area (TPSA) is 20.3 Å². The molecule has 0 radical (unpaired) electrons. The molecule has 2 nitrogen and oxygen atoms in total. The predicted octanol–water partition coefficient (Wildman–Crippen LogP) is 4.85. The van der Waals surface area contributed by atoms with Crippen molar-refractivity contribution in [3.05, 3.63) is 54.6 Å². The van der Waals surface area contributed by atoms with Crippen LogP contribution in [0, 0.1) is 6.92 Å². The monoisotopic (exact) mass is 401 g/mol. The van der Waals surface area contributed by atoms with Gasteiger partial charge in [0.05, 0.1) is 12.1 Å². The van der Waals surface area contributed by atoms with E-state index >= 15 is 0 Å². The van der Waals surface area contributed by atoms with Gasteiger partial charge in [-0.2, -0.15) is 0 Å². The van der Waals surface area contributed by atoms with Crippen LogP contribution in [-0.2, 0) is 6.54 Å². The summed E-state index contributed by atoms with van der Waals surface area (Å²) in [6.07, 6.45) is 0. The van der Waals surface area contributed by atoms with Crippen LogP contribution in [0.15, 0.2) is 38.6 Å². The van der Waals surface area contributed by atoms with Gasteiger partial charge in [0.15, 0.2) is 0 Å². The first-order valence-electron chi connectivity index (χ1n) is 5.72. The van der Waals surface area contributed by atoms with E-state index in [2.05, 4.69) is 31.9 Å². The maximum atomic E-state index is 12.4. The highest BCUT2D eigenvalue weighted by atomic mass is 79.9. The number of benzene rings is 1. The largest absolute Gasteiger partial charge is 0.337 e. The molecule has 19 heavy (non-hydrogen) atoms. The quantitative estimate of drug-likeness (QED) is 0.718. The summed E-state index contributed by atoms with van der Waals surface area (Å²) in [5.41, 5.74) is 1.79. The van der Waals surface area contributed by atoms with Gasteiger partial charge in [-0.3, -0.25) is 4.79 Å². The second-order valence-electron chi connectivity index (χ2n) is 4.38. The molecule has 1 heterocycles. The molecule has 0 N–H and O–H groups in total. The van der Waals surface area contributed by atoms with Crippen molar-refractivity contribution in [1.29, 1.82) is 0 Å². The van der Waals surface area contributed by atoms with E-state index in [-0.39, 0.29) is 5.91 Å². The minimum atomic E-state index is 0.0279. The first kappa shape index (κ1) is 14.8. The number of halogens is 2. The minimum Gasteiger partial charge on any atom is -0.337 e. The van der Waals surface area contributed by atoms with Gasteiger partial charge < -0.3 is 4.90 Å². The number of hydrogen-bond acceptors (Lipinski definition) is 2. The molecule has 1 aromatic heterocycles. The number of aryl methyl sites for hydroxylation is 1. The Balaban J connectivity index is 2.16. The van der Waals surface area contributed by atoms with E-state index in [4.69, 9.17) is 0 Å². The van der Waals surface area contributed by atoms with Gasteiger partial charge in [-0.05, 0) is 57.0 Å². The molecule has 1 aromatic carbocycles. The number of rotatable bonds is 3. The molecule has 0 saturated carbocycles. The predicted molar refractivity (Wildman–Crippen MR) is 86.7 cm³/mol. The Morgan fingerprint density at radius 1 is 1.32 bits per heavy atom. The van der Waals surface area contributed by atoms with Crippen molar-refractivity contribution in [3.63, 3.8) is 0 Å². The molecule has 100 valence electrons. The van der Waals surface area contributed by atoms with Crippen LogP contribution in [-0.4, -0.2) is 17.9 Å². The van der Waals surface area contributed by atoms with Gasteiger partial charge in [-0.15, -0.1) is 11.3 Å². The van der Waals surface area contributed by atoms with E-state index in [1.54, 1.807) is 16.2 Å². The summed E-state index contributed by atoms with van der Waals surface area (Å²) >= 11 is 8.51. The Labute approximate surface area is 133 Å². The van der Waals surface area contributed by atoms with Crippen molar-refractivity contribution in [3.8, 4) is 0 Å². The third-order valence-electron chi connectivity index (χ3n) is 2.71. The highest BCUT2D eigenvalue weighted by molar-refractivity contribution is 9.10. The van der Waals surface area contributed by atoms with Crippen molar-refractivity contribution >= 4 is 49.1 Å². The third-order valence-corrected chi connectivity index (χ3v) is 5.09. The summed E-state index contributed by atoms with van der Waals surface area (Å²) in [5, 5.41) is 2.02. The molecule has 0 bridgehead atoms. The van der Waals surface area contributed by atoms with E-state index in [9.17, 15) is 4.79 Å². The summed E-state index contributed by atoms with van der Waals surface area (Å²) in [6, 6.07) is 7.85. The average Bonchev–Trinajstić information content (AvgIpc) is 2.77. The normalized spacial score (nSPS) is 10.5. The molecule has 0 spiro atoms. The number of hydrogen-bond donors (Lipinski definition) is 0. The fourth-order valence-electron chi connectivity index (χ4n) is 1.75. The van der Waals surface area contributed by atoms with Gasteiger partial charge in [-0.1, -0.05) is 11.6 Å². The summed E-state index contributed by atoms with van der Waals surface area (Å²) in [6.45, 7) is 2.61. The fourth-order valence-corrected chi connectivity index (χ4v) is 3.67. The molecule has 2 aromatic rings. The molecule has 0 fully saturated rings. The molecule has 0 aliphatic carbocycles. The van der Waals surface area contributed by atoms with Gasteiger partial charge in [0.2, 0.25) is 0 Å². The lowest BCUT2D eigenvalue weighted by molar-refractivity contribution is 0.0785. The SMILES string of the molecule is Cc1ccc(Br)c(C(=O)N(C)Cc2cc(Br)cs2)c1. The van der Waals surface area contributed by atoms with Crippen LogP contribution in [0.2, 0.25) is 0 Å². The van der Waals surface area contributed by atoms with Crippen LogP contribution in [0.25, 0.3) is 0 Å². The van der Waals surface area contributed by atoms with Gasteiger partial charge in [0.1, 0.15) is 0 Å². The van der Waals surface area contributed by atoms with Gasteiger partial charge in [0.25, 0.3) is 5.91 Å². The lowest BCUT2D eigenvalue weighted by Crippen LogP contribution is -2.26. The third kappa shape index (κ3) is 3.68. The second-order valence-corrected chi connectivity index (χ2v) is 7.14. The molecule has 0 aliphatic heterocycles. The Morgan fingerprint density at radius 2 is 2.05 bits per heavy atom. The molecule has 0 aliphatic rings. The summed E-state index contributed by atoms with van der Waals surface area (Å²) < 4.78 is 1.90. The van der Waals surface area contributed by atoms with Crippen LogP contribution >= 0.6 is 43.2 Å². The highest BCUT2D eigenvalue weighted by Crippen LogP contribution is 2.23. The van der Waals surface area contributed by atoms with Crippen molar-refractivity contribution in [2.24, 2.45) is 0 Å². The van der Waals surface area contributed by atoms with Crippen LogP contribution in [0.5, 0.6) is 0 Å². The first-order valence-corrected chi connectivity index (χ1v) is 8.18. The summed E-state index contributed by atoms with van der Waals surface area (Å²) in [4.78, 5) is 15.3. The molecule has 2 rings (SSSR count). The van der Waals surface area contributed by atoms with Crippen LogP contribution in [0.1, 0.15) is 20.8 Å². The summed E-state index contributed by atoms with van der Waals surface area (Å²) in [7, 11) is 1.82. The van der Waals surface area contributed by atoms with Crippen LogP contribution in [0.3, 0.4) is 0 Å². The maximum Gasteiger partial charge on any atom is 0.255 e.